The lowest BCUT2D eigenvalue weighted by Gasteiger charge is -2.48. The number of hydrogen-bond acceptors (Lipinski definition) is 2. The molecule has 3 heteroatoms. The maximum Gasteiger partial charge on any atom is 0.222 e. The molecule has 3 nitrogen and oxygen atoms in total. The summed E-state index contributed by atoms with van der Waals surface area (Å²) in [6.07, 6.45) is 2.56. The summed E-state index contributed by atoms with van der Waals surface area (Å²) < 4.78 is 0. The molecule has 1 atom stereocenters. The average molecular weight is 255 g/mol. The number of aliphatic hydroxyl groups is 1. The second-order valence-electron chi connectivity index (χ2n) is 7.12. The molecule has 1 unspecified atom stereocenters. The minimum Gasteiger partial charge on any atom is -0.390 e. The highest BCUT2D eigenvalue weighted by Crippen LogP contribution is 2.40. The van der Waals surface area contributed by atoms with E-state index >= 15 is 0 Å². The molecular formula is C15H29NO2. The van der Waals surface area contributed by atoms with E-state index in [9.17, 15) is 9.90 Å². The zero-order valence-electron chi connectivity index (χ0n) is 12.8. The molecule has 106 valence electrons. The first-order valence-electron chi connectivity index (χ1n) is 7.09. The molecule has 1 N–H and O–H groups in total. The van der Waals surface area contributed by atoms with Crippen LogP contribution in [-0.4, -0.2) is 34.1 Å². The molecule has 18 heavy (non-hydrogen) atoms. The number of nitrogens with zero attached hydrogens (tertiary/aromatic N) is 1. The van der Waals surface area contributed by atoms with Gasteiger partial charge in [-0.05, 0) is 32.6 Å². The first-order chi connectivity index (χ1) is 8.07. The number of amides is 1. The second kappa shape index (κ2) is 5.20. The van der Waals surface area contributed by atoms with Crippen molar-refractivity contribution in [1.82, 2.24) is 4.90 Å². The summed E-state index contributed by atoms with van der Waals surface area (Å²) in [5.41, 5.74) is -1.10. The van der Waals surface area contributed by atoms with Crippen LogP contribution in [0.15, 0.2) is 0 Å². The normalized spacial score (nSPS) is 19.8. The van der Waals surface area contributed by atoms with E-state index in [1.165, 1.54) is 0 Å². The van der Waals surface area contributed by atoms with Crippen LogP contribution < -0.4 is 0 Å². The molecule has 0 saturated carbocycles. The van der Waals surface area contributed by atoms with Gasteiger partial charge in [-0.3, -0.25) is 4.79 Å². The van der Waals surface area contributed by atoms with E-state index in [4.69, 9.17) is 0 Å². The van der Waals surface area contributed by atoms with Crippen molar-refractivity contribution in [3.8, 4) is 0 Å². The number of likely N-dealkylation sites (tertiary alicyclic amines) is 1. The van der Waals surface area contributed by atoms with Crippen molar-refractivity contribution in [3.05, 3.63) is 0 Å². The van der Waals surface area contributed by atoms with Gasteiger partial charge in [0.25, 0.3) is 0 Å². The topological polar surface area (TPSA) is 40.5 Å². The third-order valence-electron chi connectivity index (χ3n) is 4.59. The first-order valence-corrected chi connectivity index (χ1v) is 7.09. The molecule has 0 spiro atoms. The van der Waals surface area contributed by atoms with Crippen molar-refractivity contribution in [2.45, 2.75) is 72.4 Å². The Morgan fingerprint density at radius 3 is 2.17 bits per heavy atom. The van der Waals surface area contributed by atoms with Crippen molar-refractivity contribution in [2.24, 2.45) is 11.3 Å². The van der Waals surface area contributed by atoms with Crippen LogP contribution in [0.1, 0.15) is 60.8 Å². The lowest BCUT2D eigenvalue weighted by atomic mass is 9.68. The SMILES string of the molecule is CC(C)CC(N1CCCC1=O)C(C)(C)C(C)(C)O. The van der Waals surface area contributed by atoms with Crippen LogP contribution in [0, 0.1) is 11.3 Å². The molecule has 0 aromatic rings. The Bertz CT molecular complexity index is 302. The van der Waals surface area contributed by atoms with Crippen LogP contribution in [0.5, 0.6) is 0 Å². The van der Waals surface area contributed by atoms with Crippen LogP contribution in [0.3, 0.4) is 0 Å². The lowest BCUT2D eigenvalue weighted by molar-refractivity contribution is -0.139. The van der Waals surface area contributed by atoms with Gasteiger partial charge in [0, 0.05) is 24.4 Å². The van der Waals surface area contributed by atoms with Crippen LogP contribution >= 0.6 is 0 Å². The van der Waals surface area contributed by atoms with Crippen LogP contribution in [0.25, 0.3) is 0 Å². The molecular weight excluding hydrogens is 226 g/mol. The average Bonchev–Trinajstić information content (AvgIpc) is 2.58. The molecule has 1 amide bonds. The van der Waals surface area contributed by atoms with E-state index in [1.54, 1.807) is 0 Å². The van der Waals surface area contributed by atoms with Crippen molar-refractivity contribution in [1.29, 1.82) is 0 Å². The standard InChI is InChI=1S/C15H29NO2/c1-11(2)10-12(14(3,4)15(5,6)18)16-9-7-8-13(16)17/h11-12,18H,7-10H2,1-6H3. The summed E-state index contributed by atoms with van der Waals surface area (Å²) >= 11 is 0. The Morgan fingerprint density at radius 1 is 1.28 bits per heavy atom. The lowest BCUT2D eigenvalue weighted by Crippen LogP contribution is -2.55. The number of rotatable bonds is 5. The molecule has 1 heterocycles. The molecule has 1 fully saturated rings. The number of carbonyl (C=O) groups excluding carboxylic acids is 1. The highest BCUT2D eigenvalue weighted by atomic mass is 16.3. The summed E-state index contributed by atoms with van der Waals surface area (Å²) in [7, 11) is 0. The molecule has 0 aliphatic carbocycles. The van der Waals surface area contributed by atoms with E-state index in [-0.39, 0.29) is 17.4 Å². The van der Waals surface area contributed by atoms with Gasteiger partial charge in [0.05, 0.1) is 5.60 Å². The fraction of sp³-hybridized carbons (Fsp3) is 0.933. The predicted octanol–water partition coefficient (Wildman–Crippen LogP) is 2.82. The minimum atomic E-state index is -0.796. The fourth-order valence-electron chi connectivity index (χ4n) is 2.66. The van der Waals surface area contributed by atoms with Crippen molar-refractivity contribution in [3.63, 3.8) is 0 Å². The minimum absolute atomic E-state index is 0.118. The fourth-order valence-corrected chi connectivity index (χ4v) is 2.66. The van der Waals surface area contributed by atoms with Gasteiger partial charge in [0.1, 0.15) is 0 Å². The smallest absolute Gasteiger partial charge is 0.222 e. The van der Waals surface area contributed by atoms with Crippen molar-refractivity contribution in [2.75, 3.05) is 6.54 Å². The zero-order chi connectivity index (χ0) is 14.1. The Balaban J connectivity index is 3.01. The van der Waals surface area contributed by atoms with Gasteiger partial charge in [-0.15, -0.1) is 0 Å². The molecule has 0 aromatic carbocycles. The summed E-state index contributed by atoms with van der Waals surface area (Å²) in [6, 6.07) is 0.118. The van der Waals surface area contributed by atoms with Crippen molar-refractivity contribution >= 4 is 5.91 Å². The van der Waals surface area contributed by atoms with Gasteiger partial charge in [-0.25, -0.2) is 0 Å². The summed E-state index contributed by atoms with van der Waals surface area (Å²) in [4.78, 5) is 14.0. The monoisotopic (exact) mass is 255 g/mol. The predicted molar refractivity (Wildman–Crippen MR) is 74.3 cm³/mol. The molecule has 1 rings (SSSR count). The van der Waals surface area contributed by atoms with Gasteiger partial charge in [-0.1, -0.05) is 27.7 Å². The quantitative estimate of drug-likeness (QED) is 0.820. The Morgan fingerprint density at radius 2 is 1.83 bits per heavy atom. The summed E-state index contributed by atoms with van der Waals surface area (Å²) in [5, 5.41) is 10.4. The van der Waals surface area contributed by atoms with E-state index in [0.29, 0.717) is 12.3 Å². The van der Waals surface area contributed by atoms with Gasteiger partial charge in [0.15, 0.2) is 0 Å². The summed E-state index contributed by atoms with van der Waals surface area (Å²) in [5.74, 6) is 0.767. The van der Waals surface area contributed by atoms with E-state index < -0.39 is 5.60 Å². The Hall–Kier alpha value is -0.570. The largest absolute Gasteiger partial charge is 0.390 e. The highest BCUT2D eigenvalue weighted by Gasteiger charge is 2.46. The number of hydrogen-bond donors (Lipinski definition) is 1. The van der Waals surface area contributed by atoms with Gasteiger partial charge < -0.3 is 10.0 Å². The maximum atomic E-state index is 12.0. The Kier molecular flexibility index (Phi) is 4.47. The van der Waals surface area contributed by atoms with Crippen LogP contribution in [-0.2, 0) is 4.79 Å². The van der Waals surface area contributed by atoms with Gasteiger partial charge in [0.2, 0.25) is 5.91 Å². The molecule has 0 bridgehead atoms. The maximum absolute atomic E-state index is 12.0. The summed E-state index contributed by atoms with van der Waals surface area (Å²) in [6.45, 7) is 13.0. The molecule has 1 aliphatic heterocycles. The molecule has 1 saturated heterocycles. The molecule has 1 aliphatic rings. The third-order valence-corrected chi connectivity index (χ3v) is 4.59. The van der Waals surface area contributed by atoms with Crippen LogP contribution in [0.4, 0.5) is 0 Å². The number of carbonyl (C=O) groups is 1. The van der Waals surface area contributed by atoms with Crippen molar-refractivity contribution < 1.29 is 9.90 Å². The first kappa shape index (κ1) is 15.5. The van der Waals surface area contributed by atoms with Gasteiger partial charge >= 0.3 is 0 Å². The second-order valence-corrected chi connectivity index (χ2v) is 7.12. The van der Waals surface area contributed by atoms with E-state index in [0.717, 1.165) is 19.4 Å². The molecule has 0 radical (unpaired) electrons. The van der Waals surface area contributed by atoms with Gasteiger partial charge in [-0.2, -0.15) is 0 Å². The zero-order valence-corrected chi connectivity index (χ0v) is 12.8. The van der Waals surface area contributed by atoms with E-state index in [1.807, 2.05) is 18.7 Å². The highest BCUT2D eigenvalue weighted by molar-refractivity contribution is 5.78. The third kappa shape index (κ3) is 3.05. The van der Waals surface area contributed by atoms with Crippen LogP contribution in [0.2, 0.25) is 0 Å². The molecule has 0 aromatic heterocycles. The van der Waals surface area contributed by atoms with E-state index in [2.05, 4.69) is 27.7 Å². The Labute approximate surface area is 112 Å².